The van der Waals surface area contributed by atoms with Crippen LogP contribution in [-0.4, -0.2) is 41.3 Å². The summed E-state index contributed by atoms with van der Waals surface area (Å²) in [6, 6.07) is 5.54. The molecule has 0 unspecified atom stereocenters. The molecule has 5 nitrogen and oxygen atoms in total. The molecule has 1 rings (SSSR count). The Kier molecular flexibility index (Phi) is 7.36. The minimum absolute atomic E-state index is 0.278. The summed E-state index contributed by atoms with van der Waals surface area (Å²) in [5, 5.41) is 13.1. The molecule has 1 aromatic rings. The minimum Gasteiger partial charge on any atom is -0.508 e. The van der Waals surface area contributed by atoms with Gasteiger partial charge in [0.15, 0.2) is 0 Å². The predicted octanol–water partition coefficient (Wildman–Crippen LogP) is 3.44. The maximum absolute atomic E-state index is 12.1. The first-order chi connectivity index (χ1) is 10.7. The van der Waals surface area contributed by atoms with E-state index < -0.39 is 5.60 Å². The highest BCUT2D eigenvalue weighted by molar-refractivity contribution is 5.68. The number of aromatic hydroxyl groups is 1. The SMILES string of the molecule is CCCN(CCNCc1cc(C)ccc1O)C(=O)OC(C)(C)C. The molecule has 0 aliphatic rings. The van der Waals surface area contributed by atoms with Crippen molar-refractivity contribution in [3.05, 3.63) is 29.3 Å². The van der Waals surface area contributed by atoms with Gasteiger partial charge in [-0.05, 0) is 40.2 Å². The van der Waals surface area contributed by atoms with Gasteiger partial charge in [-0.3, -0.25) is 0 Å². The number of nitrogens with one attached hydrogen (secondary N) is 1. The lowest BCUT2D eigenvalue weighted by Crippen LogP contribution is -2.40. The van der Waals surface area contributed by atoms with Gasteiger partial charge >= 0.3 is 6.09 Å². The van der Waals surface area contributed by atoms with Gasteiger partial charge in [-0.15, -0.1) is 0 Å². The van der Waals surface area contributed by atoms with Crippen LogP contribution in [0.3, 0.4) is 0 Å². The van der Waals surface area contributed by atoms with Gasteiger partial charge in [-0.25, -0.2) is 4.79 Å². The zero-order valence-corrected chi connectivity index (χ0v) is 15.0. The van der Waals surface area contributed by atoms with Crippen LogP contribution in [0.25, 0.3) is 0 Å². The van der Waals surface area contributed by atoms with E-state index in [9.17, 15) is 9.90 Å². The second-order valence-electron chi connectivity index (χ2n) is 6.78. The van der Waals surface area contributed by atoms with Crippen LogP contribution in [0.5, 0.6) is 5.75 Å². The molecule has 130 valence electrons. The Hall–Kier alpha value is -1.75. The van der Waals surface area contributed by atoms with Crippen LogP contribution in [-0.2, 0) is 11.3 Å². The molecule has 0 saturated heterocycles. The van der Waals surface area contributed by atoms with Gasteiger partial charge < -0.3 is 20.1 Å². The van der Waals surface area contributed by atoms with E-state index >= 15 is 0 Å². The van der Waals surface area contributed by atoms with Gasteiger partial charge in [0.1, 0.15) is 11.4 Å². The third kappa shape index (κ3) is 7.37. The van der Waals surface area contributed by atoms with Crippen molar-refractivity contribution >= 4 is 6.09 Å². The highest BCUT2D eigenvalue weighted by Crippen LogP contribution is 2.17. The van der Waals surface area contributed by atoms with Crippen LogP contribution in [0, 0.1) is 6.92 Å². The number of phenols is 1. The average Bonchev–Trinajstić information content (AvgIpc) is 2.43. The van der Waals surface area contributed by atoms with Gasteiger partial charge in [0.25, 0.3) is 0 Å². The monoisotopic (exact) mass is 322 g/mol. The van der Waals surface area contributed by atoms with Gasteiger partial charge in [-0.1, -0.05) is 24.6 Å². The smallest absolute Gasteiger partial charge is 0.410 e. The van der Waals surface area contributed by atoms with Crippen LogP contribution in [0.15, 0.2) is 18.2 Å². The van der Waals surface area contributed by atoms with E-state index in [4.69, 9.17) is 4.74 Å². The molecule has 0 radical (unpaired) electrons. The fourth-order valence-corrected chi connectivity index (χ4v) is 2.18. The number of hydrogen-bond acceptors (Lipinski definition) is 4. The summed E-state index contributed by atoms with van der Waals surface area (Å²) >= 11 is 0. The molecule has 1 amide bonds. The topological polar surface area (TPSA) is 61.8 Å². The van der Waals surface area contributed by atoms with E-state index in [0.717, 1.165) is 17.5 Å². The van der Waals surface area contributed by atoms with Crippen LogP contribution in [0.1, 0.15) is 45.2 Å². The lowest BCUT2D eigenvalue weighted by atomic mass is 10.1. The lowest BCUT2D eigenvalue weighted by Gasteiger charge is -2.27. The largest absolute Gasteiger partial charge is 0.508 e. The van der Waals surface area contributed by atoms with E-state index in [1.54, 1.807) is 11.0 Å². The number of ether oxygens (including phenoxy) is 1. The zero-order valence-electron chi connectivity index (χ0n) is 15.0. The number of aryl methyl sites for hydroxylation is 1. The van der Waals surface area contributed by atoms with Gasteiger partial charge in [-0.2, -0.15) is 0 Å². The number of amides is 1. The third-order valence-electron chi connectivity index (χ3n) is 3.25. The van der Waals surface area contributed by atoms with E-state index in [2.05, 4.69) is 5.32 Å². The molecule has 0 atom stereocenters. The Bertz CT molecular complexity index is 509. The number of hydrogen-bond donors (Lipinski definition) is 2. The molecular formula is C18H30N2O3. The standard InChI is InChI=1S/C18H30N2O3/c1-6-10-20(17(22)23-18(3,4)5)11-9-19-13-15-12-14(2)7-8-16(15)21/h7-8,12,19,21H,6,9-11,13H2,1-5H3. The number of carbonyl (C=O) groups is 1. The summed E-state index contributed by atoms with van der Waals surface area (Å²) in [5.74, 6) is 0.292. The van der Waals surface area contributed by atoms with Gasteiger partial charge in [0.2, 0.25) is 0 Å². The molecule has 0 aliphatic heterocycles. The number of carbonyl (C=O) groups excluding carboxylic acids is 1. The Morgan fingerprint density at radius 3 is 2.61 bits per heavy atom. The number of benzene rings is 1. The van der Waals surface area contributed by atoms with Gasteiger partial charge in [0, 0.05) is 31.7 Å². The Balaban J connectivity index is 2.46. The molecule has 23 heavy (non-hydrogen) atoms. The van der Waals surface area contributed by atoms with Crippen molar-refractivity contribution < 1.29 is 14.6 Å². The fraction of sp³-hybridized carbons (Fsp3) is 0.611. The third-order valence-corrected chi connectivity index (χ3v) is 3.25. The molecule has 0 saturated carbocycles. The first-order valence-corrected chi connectivity index (χ1v) is 8.20. The molecule has 5 heteroatoms. The van der Waals surface area contributed by atoms with Crippen molar-refractivity contribution in [3.63, 3.8) is 0 Å². The first kappa shape index (κ1) is 19.3. The van der Waals surface area contributed by atoms with Crippen molar-refractivity contribution in [3.8, 4) is 5.75 Å². The molecule has 1 aromatic carbocycles. The quantitative estimate of drug-likeness (QED) is 0.755. The summed E-state index contributed by atoms with van der Waals surface area (Å²) in [4.78, 5) is 13.9. The van der Waals surface area contributed by atoms with Crippen molar-refractivity contribution in [2.75, 3.05) is 19.6 Å². The molecule has 2 N–H and O–H groups in total. The second kappa shape index (κ2) is 8.77. The molecule has 0 bridgehead atoms. The normalized spacial score (nSPS) is 11.3. The molecule has 0 fully saturated rings. The summed E-state index contributed by atoms with van der Waals surface area (Å²) in [5.41, 5.74) is 1.49. The number of nitrogens with zero attached hydrogens (tertiary/aromatic N) is 1. The van der Waals surface area contributed by atoms with Crippen molar-refractivity contribution in [1.29, 1.82) is 0 Å². The molecule has 0 spiro atoms. The fourth-order valence-electron chi connectivity index (χ4n) is 2.18. The number of rotatable bonds is 7. The van der Waals surface area contributed by atoms with E-state index in [1.807, 2.05) is 46.8 Å². The highest BCUT2D eigenvalue weighted by atomic mass is 16.6. The molecule has 0 heterocycles. The van der Waals surface area contributed by atoms with Crippen LogP contribution >= 0.6 is 0 Å². The van der Waals surface area contributed by atoms with E-state index in [1.165, 1.54) is 0 Å². The zero-order chi connectivity index (χ0) is 17.5. The highest BCUT2D eigenvalue weighted by Gasteiger charge is 2.21. The lowest BCUT2D eigenvalue weighted by molar-refractivity contribution is 0.0252. The van der Waals surface area contributed by atoms with E-state index in [0.29, 0.717) is 31.9 Å². The summed E-state index contributed by atoms with van der Waals surface area (Å²) in [7, 11) is 0. The molecule has 0 aromatic heterocycles. The van der Waals surface area contributed by atoms with Gasteiger partial charge in [0.05, 0.1) is 0 Å². The van der Waals surface area contributed by atoms with Crippen LogP contribution in [0.4, 0.5) is 4.79 Å². The molecule has 0 aliphatic carbocycles. The summed E-state index contributed by atoms with van der Waals surface area (Å²) in [6.07, 6.45) is 0.609. The Morgan fingerprint density at radius 2 is 2.00 bits per heavy atom. The summed E-state index contributed by atoms with van der Waals surface area (Å²) in [6.45, 7) is 12.1. The molecular weight excluding hydrogens is 292 g/mol. The van der Waals surface area contributed by atoms with Crippen LogP contribution in [0.2, 0.25) is 0 Å². The van der Waals surface area contributed by atoms with E-state index in [-0.39, 0.29) is 6.09 Å². The Morgan fingerprint density at radius 1 is 1.30 bits per heavy atom. The average molecular weight is 322 g/mol. The Labute approximate surface area is 139 Å². The van der Waals surface area contributed by atoms with Crippen LogP contribution < -0.4 is 5.32 Å². The van der Waals surface area contributed by atoms with Crippen molar-refractivity contribution in [1.82, 2.24) is 10.2 Å². The predicted molar refractivity (Wildman–Crippen MR) is 92.6 cm³/mol. The van der Waals surface area contributed by atoms with Crippen molar-refractivity contribution in [2.45, 2.75) is 53.2 Å². The van der Waals surface area contributed by atoms with Crippen molar-refractivity contribution in [2.24, 2.45) is 0 Å². The first-order valence-electron chi connectivity index (χ1n) is 8.20. The maximum Gasteiger partial charge on any atom is 0.410 e. The summed E-state index contributed by atoms with van der Waals surface area (Å²) < 4.78 is 5.42. The second-order valence-corrected chi connectivity index (χ2v) is 6.78. The maximum atomic E-state index is 12.1. The number of phenolic OH excluding ortho intramolecular Hbond substituents is 1. The minimum atomic E-state index is -0.482.